The standard InChI is InChI=1S/C11H16N4/c1-2-10(3-4-12)15-8-7-14-6-5-13-11(14)9-15/h5-6,10H,2-3,7-9H2,1H3. The van der Waals surface area contributed by atoms with Crippen molar-refractivity contribution in [2.75, 3.05) is 6.54 Å². The van der Waals surface area contributed by atoms with E-state index >= 15 is 0 Å². The van der Waals surface area contributed by atoms with Gasteiger partial charge in [0.05, 0.1) is 19.0 Å². The van der Waals surface area contributed by atoms with Gasteiger partial charge in [0.25, 0.3) is 0 Å². The third-order valence-corrected chi connectivity index (χ3v) is 3.09. The van der Waals surface area contributed by atoms with E-state index in [0.29, 0.717) is 12.5 Å². The molecule has 0 spiro atoms. The predicted molar refractivity (Wildman–Crippen MR) is 56.9 cm³/mol. The molecule has 2 heterocycles. The third-order valence-electron chi connectivity index (χ3n) is 3.09. The van der Waals surface area contributed by atoms with Gasteiger partial charge in [0.1, 0.15) is 5.82 Å². The zero-order chi connectivity index (χ0) is 10.7. The van der Waals surface area contributed by atoms with Crippen LogP contribution in [0.4, 0.5) is 0 Å². The van der Waals surface area contributed by atoms with Crippen LogP contribution in [0.1, 0.15) is 25.6 Å². The number of nitrogens with zero attached hydrogens (tertiary/aromatic N) is 4. The monoisotopic (exact) mass is 204 g/mol. The molecule has 0 radical (unpaired) electrons. The van der Waals surface area contributed by atoms with E-state index in [0.717, 1.165) is 31.9 Å². The molecule has 0 saturated heterocycles. The lowest BCUT2D eigenvalue weighted by Gasteiger charge is -2.33. The van der Waals surface area contributed by atoms with Gasteiger partial charge in [-0.1, -0.05) is 6.92 Å². The van der Waals surface area contributed by atoms with E-state index in [1.807, 2.05) is 12.4 Å². The molecule has 1 aromatic heterocycles. The van der Waals surface area contributed by atoms with Gasteiger partial charge in [-0.25, -0.2) is 4.98 Å². The second-order valence-corrected chi connectivity index (χ2v) is 3.93. The molecule has 0 N–H and O–H groups in total. The normalized spacial score (nSPS) is 18.1. The molecule has 1 aliphatic heterocycles. The molecule has 1 aromatic rings. The van der Waals surface area contributed by atoms with Crippen LogP contribution >= 0.6 is 0 Å². The highest BCUT2D eigenvalue weighted by molar-refractivity contribution is 4.97. The van der Waals surface area contributed by atoms with Crippen LogP contribution in [0.25, 0.3) is 0 Å². The molecule has 80 valence electrons. The fourth-order valence-corrected chi connectivity index (χ4v) is 2.14. The van der Waals surface area contributed by atoms with Gasteiger partial charge >= 0.3 is 0 Å². The van der Waals surface area contributed by atoms with Crippen LogP contribution in [0.2, 0.25) is 0 Å². The van der Waals surface area contributed by atoms with E-state index in [4.69, 9.17) is 5.26 Å². The summed E-state index contributed by atoms with van der Waals surface area (Å²) in [4.78, 5) is 6.69. The maximum Gasteiger partial charge on any atom is 0.122 e. The van der Waals surface area contributed by atoms with Crippen molar-refractivity contribution in [1.29, 1.82) is 5.26 Å². The summed E-state index contributed by atoms with van der Waals surface area (Å²) in [5, 5.41) is 8.76. The lowest BCUT2D eigenvalue weighted by molar-refractivity contribution is 0.150. The van der Waals surface area contributed by atoms with Crippen LogP contribution < -0.4 is 0 Å². The molecule has 4 nitrogen and oxygen atoms in total. The quantitative estimate of drug-likeness (QED) is 0.747. The first kappa shape index (κ1) is 10.2. The Balaban J connectivity index is 2.05. The largest absolute Gasteiger partial charge is 0.333 e. The van der Waals surface area contributed by atoms with Crippen LogP contribution in [-0.4, -0.2) is 27.0 Å². The number of fused-ring (bicyclic) bond motifs is 1. The Bertz CT molecular complexity index is 363. The van der Waals surface area contributed by atoms with Crippen molar-refractivity contribution in [2.45, 2.75) is 38.9 Å². The molecular weight excluding hydrogens is 188 g/mol. The molecule has 15 heavy (non-hydrogen) atoms. The summed E-state index contributed by atoms with van der Waals surface area (Å²) in [7, 11) is 0. The summed E-state index contributed by atoms with van der Waals surface area (Å²) in [6.07, 6.45) is 5.54. The topological polar surface area (TPSA) is 44.9 Å². The average molecular weight is 204 g/mol. The molecule has 0 fully saturated rings. The van der Waals surface area contributed by atoms with Crippen molar-refractivity contribution in [2.24, 2.45) is 0 Å². The van der Waals surface area contributed by atoms with Gasteiger partial charge in [0, 0.05) is 31.5 Å². The highest BCUT2D eigenvalue weighted by Gasteiger charge is 2.22. The zero-order valence-electron chi connectivity index (χ0n) is 9.06. The lowest BCUT2D eigenvalue weighted by atomic mass is 10.1. The summed E-state index contributed by atoms with van der Waals surface area (Å²) >= 11 is 0. The number of nitriles is 1. The summed E-state index contributed by atoms with van der Waals surface area (Å²) < 4.78 is 2.19. The Labute approximate surface area is 90.1 Å². The fourth-order valence-electron chi connectivity index (χ4n) is 2.14. The number of aromatic nitrogens is 2. The van der Waals surface area contributed by atoms with Crippen molar-refractivity contribution in [3.63, 3.8) is 0 Å². The van der Waals surface area contributed by atoms with E-state index in [9.17, 15) is 0 Å². The minimum Gasteiger partial charge on any atom is -0.333 e. The smallest absolute Gasteiger partial charge is 0.122 e. The summed E-state index contributed by atoms with van der Waals surface area (Å²) in [6.45, 7) is 5.05. The average Bonchev–Trinajstić information content (AvgIpc) is 2.72. The van der Waals surface area contributed by atoms with Crippen LogP contribution in [0.3, 0.4) is 0 Å². The fraction of sp³-hybridized carbons (Fsp3) is 0.636. The summed E-state index contributed by atoms with van der Waals surface area (Å²) in [5.74, 6) is 1.12. The maximum atomic E-state index is 8.76. The van der Waals surface area contributed by atoms with Crippen molar-refractivity contribution < 1.29 is 0 Å². The van der Waals surface area contributed by atoms with Crippen LogP contribution in [0, 0.1) is 11.3 Å². The first-order chi connectivity index (χ1) is 7.35. The van der Waals surface area contributed by atoms with Gasteiger partial charge in [-0.15, -0.1) is 0 Å². The minimum absolute atomic E-state index is 0.389. The second kappa shape index (κ2) is 4.45. The van der Waals surface area contributed by atoms with Crippen LogP contribution in [0.15, 0.2) is 12.4 Å². The van der Waals surface area contributed by atoms with Crippen molar-refractivity contribution >= 4 is 0 Å². The molecule has 0 aliphatic carbocycles. The number of hydrogen-bond acceptors (Lipinski definition) is 3. The number of imidazole rings is 1. The van der Waals surface area contributed by atoms with E-state index in [1.54, 1.807) is 0 Å². The molecule has 2 rings (SSSR count). The Morgan fingerprint density at radius 2 is 2.47 bits per heavy atom. The third kappa shape index (κ3) is 2.02. The Morgan fingerprint density at radius 1 is 1.60 bits per heavy atom. The molecule has 0 bridgehead atoms. The Kier molecular flexibility index (Phi) is 3.02. The van der Waals surface area contributed by atoms with Crippen LogP contribution in [0.5, 0.6) is 0 Å². The molecule has 1 unspecified atom stereocenters. The highest BCUT2D eigenvalue weighted by atomic mass is 15.2. The summed E-state index contributed by atoms with van der Waals surface area (Å²) in [5.41, 5.74) is 0. The van der Waals surface area contributed by atoms with Crippen molar-refractivity contribution in [3.8, 4) is 6.07 Å². The maximum absolute atomic E-state index is 8.76. The van der Waals surface area contributed by atoms with Gasteiger partial charge in [-0.05, 0) is 6.42 Å². The van der Waals surface area contributed by atoms with Gasteiger partial charge in [0.15, 0.2) is 0 Å². The van der Waals surface area contributed by atoms with E-state index < -0.39 is 0 Å². The molecule has 4 heteroatoms. The van der Waals surface area contributed by atoms with Crippen molar-refractivity contribution in [3.05, 3.63) is 18.2 Å². The first-order valence-corrected chi connectivity index (χ1v) is 5.46. The van der Waals surface area contributed by atoms with Gasteiger partial charge in [-0.2, -0.15) is 5.26 Å². The highest BCUT2D eigenvalue weighted by Crippen LogP contribution is 2.16. The Hall–Kier alpha value is -1.34. The van der Waals surface area contributed by atoms with Gasteiger partial charge < -0.3 is 4.57 Å². The molecule has 1 atom stereocenters. The minimum atomic E-state index is 0.389. The zero-order valence-corrected chi connectivity index (χ0v) is 9.06. The van der Waals surface area contributed by atoms with E-state index in [2.05, 4.69) is 27.4 Å². The number of hydrogen-bond donors (Lipinski definition) is 0. The van der Waals surface area contributed by atoms with E-state index in [1.165, 1.54) is 0 Å². The van der Waals surface area contributed by atoms with Gasteiger partial charge in [-0.3, -0.25) is 4.90 Å². The van der Waals surface area contributed by atoms with Gasteiger partial charge in [0.2, 0.25) is 0 Å². The molecule has 0 aromatic carbocycles. The number of rotatable bonds is 3. The van der Waals surface area contributed by atoms with E-state index in [-0.39, 0.29) is 0 Å². The predicted octanol–water partition coefficient (Wildman–Crippen LogP) is 1.39. The molecule has 0 amide bonds. The van der Waals surface area contributed by atoms with Crippen LogP contribution in [-0.2, 0) is 13.1 Å². The SMILES string of the molecule is CCC(CC#N)N1CCn2ccnc2C1. The molecule has 0 saturated carbocycles. The Morgan fingerprint density at radius 3 is 3.20 bits per heavy atom. The summed E-state index contributed by atoms with van der Waals surface area (Å²) in [6, 6.07) is 2.65. The lowest BCUT2D eigenvalue weighted by Crippen LogP contribution is -2.40. The molecule has 1 aliphatic rings. The van der Waals surface area contributed by atoms with Crippen molar-refractivity contribution in [1.82, 2.24) is 14.5 Å². The first-order valence-electron chi connectivity index (χ1n) is 5.46. The molecular formula is C11H16N4. The second-order valence-electron chi connectivity index (χ2n) is 3.93.